The maximum Gasteiger partial charge on any atom is 0.524 e. The number of amides is 1. The number of benzene rings is 1. The molecule has 0 fully saturated rings. The van der Waals surface area contributed by atoms with Crippen molar-refractivity contribution in [3.05, 3.63) is 66.3 Å². The summed E-state index contributed by atoms with van der Waals surface area (Å²) in [5.74, 6) is -1.47. The summed E-state index contributed by atoms with van der Waals surface area (Å²) in [6.07, 6.45) is 22.4. The van der Waals surface area contributed by atoms with E-state index < -0.39 is 19.8 Å². The maximum atomic E-state index is 12.2. The second-order valence-electron chi connectivity index (χ2n) is 8.49. The molecule has 0 unspecified atom stereocenters. The fourth-order valence-corrected chi connectivity index (χ4v) is 3.83. The fraction of sp³-hybridized carbons (Fsp3) is 0.481. The van der Waals surface area contributed by atoms with Crippen molar-refractivity contribution in [3.63, 3.8) is 0 Å². The minimum atomic E-state index is -4.65. The zero-order valence-corrected chi connectivity index (χ0v) is 21.9. The van der Waals surface area contributed by atoms with Gasteiger partial charge in [0.05, 0.1) is 0 Å². The van der Waals surface area contributed by atoms with E-state index in [1.165, 1.54) is 24.3 Å². The Bertz CT molecular complexity index is 903. The Balaban J connectivity index is 2.19. The first-order valence-electron chi connectivity index (χ1n) is 12.5. The first-order chi connectivity index (χ1) is 17.2. The summed E-state index contributed by atoms with van der Waals surface area (Å²) in [7, 11) is -4.65. The van der Waals surface area contributed by atoms with Crippen LogP contribution in [0.25, 0.3) is 0 Å². The van der Waals surface area contributed by atoms with Crippen molar-refractivity contribution in [2.24, 2.45) is 0 Å². The molecule has 0 spiro atoms. The molecule has 200 valence electrons. The number of carbonyl (C=O) groups excluding carboxylic acids is 1. The number of hydrogen-bond acceptors (Lipinski definition) is 4. The predicted octanol–water partition coefficient (Wildman–Crippen LogP) is 5.86. The molecule has 0 aliphatic rings. The van der Waals surface area contributed by atoms with Gasteiger partial charge in [0, 0.05) is 12.8 Å². The summed E-state index contributed by atoms with van der Waals surface area (Å²) in [6.45, 7) is 2.13. The highest BCUT2D eigenvalue weighted by Gasteiger charge is 2.21. The molecular weight excluding hydrogens is 481 g/mol. The number of allylic oxidation sites excluding steroid dienone is 6. The Morgan fingerprint density at radius 2 is 1.50 bits per heavy atom. The summed E-state index contributed by atoms with van der Waals surface area (Å²) < 4.78 is 15.3. The lowest BCUT2D eigenvalue weighted by atomic mass is 10.0. The molecule has 0 saturated carbocycles. The van der Waals surface area contributed by atoms with Crippen molar-refractivity contribution in [2.75, 3.05) is 0 Å². The van der Waals surface area contributed by atoms with Crippen LogP contribution in [0.4, 0.5) is 0 Å². The van der Waals surface area contributed by atoms with Gasteiger partial charge in [-0.05, 0) is 56.2 Å². The molecule has 36 heavy (non-hydrogen) atoms. The monoisotopic (exact) mass is 521 g/mol. The summed E-state index contributed by atoms with van der Waals surface area (Å²) in [6, 6.07) is 4.61. The lowest BCUT2D eigenvalue weighted by Gasteiger charge is -2.15. The van der Waals surface area contributed by atoms with Gasteiger partial charge in [0.25, 0.3) is 0 Å². The number of phosphoric ester groups is 1. The maximum absolute atomic E-state index is 12.2. The van der Waals surface area contributed by atoms with E-state index in [9.17, 15) is 19.3 Å². The van der Waals surface area contributed by atoms with Gasteiger partial charge >= 0.3 is 13.8 Å². The van der Waals surface area contributed by atoms with Crippen LogP contribution in [0.5, 0.6) is 5.75 Å². The summed E-state index contributed by atoms with van der Waals surface area (Å²) >= 11 is 0. The molecule has 0 bridgehead atoms. The molecule has 8 nitrogen and oxygen atoms in total. The number of phosphoric acid groups is 1. The largest absolute Gasteiger partial charge is 0.524 e. The van der Waals surface area contributed by atoms with E-state index >= 15 is 0 Å². The van der Waals surface area contributed by atoms with Crippen LogP contribution in [0.1, 0.15) is 76.7 Å². The first kappa shape index (κ1) is 31.4. The number of hydrogen-bond donors (Lipinski definition) is 4. The lowest BCUT2D eigenvalue weighted by molar-refractivity contribution is -0.141. The van der Waals surface area contributed by atoms with Crippen LogP contribution in [0, 0.1) is 0 Å². The molecule has 0 aliphatic heterocycles. The van der Waals surface area contributed by atoms with Crippen molar-refractivity contribution in [1.29, 1.82) is 0 Å². The number of carboxylic acid groups (broad SMARTS) is 1. The van der Waals surface area contributed by atoms with Crippen LogP contribution in [-0.4, -0.2) is 32.8 Å². The number of unbranched alkanes of at least 4 members (excludes halogenated alkanes) is 5. The van der Waals surface area contributed by atoms with Crippen molar-refractivity contribution < 1.29 is 33.6 Å². The third kappa shape index (κ3) is 16.9. The molecule has 0 aromatic heterocycles. The molecule has 4 N–H and O–H groups in total. The topological polar surface area (TPSA) is 133 Å². The van der Waals surface area contributed by atoms with Crippen LogP contribution in [0.2, 0.25) is 0 Å². The van der Waals surface area contributed by atoms with E-state index in [-0.39, 0.29) is 24.5 Å². The normalized spacial score (nSPS) is 13.0. The molecule has 1 rings (SSSR count). The molecule has 0 saturated heterocycles. The van der Waals surface area contributed by atoms with Gasteiger partial charge in [0.1, 0.15) is 11.8 Å². The van der Waals surface area contributed by atoms with Crippen LogP contribution in [0.15, 0.2) is 60.7 Å². The fourth-order valence-electron chi connectivity index (χ4n) is 3.43. The number of aliphatic carboxylic acids is 1. The SMILES string of the molecule is CC/C=C/C/C=C/C/C=C/CCCCCCCC(=O)N[C@@H](Cc1ccc(OP(=O)(O)O)cc1)C(=O)O. The highest BCUT2D eigenvalue weighted by atomic mass is 31.2. The molecule has 1 aromatic rings. The van der Waals surface area contributed by atoms with E-state index in [1.54, 1.807) is 0 Å². The molecule has 0 heterocycles. The van der Waals surface area contributed by atoms with Gasteiger partial charge in [-0.15, -0.1) is 0 Å². The number of rotatable bonds is 19. The average Bonchev–Trinajstić information content (AvgIpc) is 2.81. The van der Waals surface area contributed by atoms with Crippen molar-refractivity contribution in [1.82, 2.24) is 5.32 Å². The van der Waals surface area contributed by atoms with E-state index in [0.29, 0.717) is 12.0 Å². The number of carboxylic acids is 1. The lowest BCUT2D eigenvalue weighted by Crippen LogP contribution is -2.42. The standard InChI is InChI=1S/C27H40NO7P/c1-2-3-4-5-6-7-8-9-10-11-12-13-14-15-16-17-26(29)28-25(27(30)31)22-23-18-20-24(21-19-23)35-36(32,33)34/h3-4,6-7,9-10,18-21,25H,2,5,8,11-17,22H2,1H3,(H,28,29)(H,30,31)(H2,32,33,34)/b4-3+,7-6+,10-9+/t25-/m0/s1. The molecule has 1 aromatic carbocycles. The van der Waals surface area contributed by atoms with Crippen molar-refractivity contribution in [2.45, 2.75) is 83.6 Å². The van der Waals surface area contributed by atoms with Gasteiger partial charge in [0.15, 0.2) is 0 Å². The number of carbonyl (C=O) groups is 2. The molecule has 1 atom stereocenters. The van der Waals surface area contributed by atoms with Crippen LogP contribution >= 0.6 is 7.82 Å². The van der Waals surface area contributed by atoms with Gasteiger partial charge in [-0.2, -0.15) is 0 Å². The van der Waals surface area contributed by atoms with Gasteiger partial charge in [0.2, 0.25) is 5.91 Å². The second-order valence-corrected chi connectivity index (χ2v) is 9.65. The third-order valence-electron chi connectivity index (χ3n) is 5.28. The molecule has 1 amide bonds. The first-order valence-corrected chi connectivity index (χ1v) is 14.1. The predicted molar refractivity (Wildman–Crippen MR) is 142 cm³/mol. The quantitative estimate of drug-likeness (QED) is 0.102. The van der Waals surface area contributed by atoms with Crippen molar-refractivity contribution in [3.8, 4) is 5.75 Å². The summed E-state index contributed by atoms with van der Waals surface area (Å²) in [4.78, 5) is 41.4. The Kier molecular flexibility index (Phi) is 16.2. The minimum Gasteiger partial charge on any atom is -0.480 e. The average molecular weight is 522 g/mol. The molecular formula is C27H40NO7P. The van der Waals surface area contributed by atoms with Crippen molar-refractivity contribution >= 4 is 19.7 Å². The van der Waals surface area contributed by atoms with E-state index in [0.717, 1.165) is 51.4 Å². The Hall–Kier alpha value is -2.67. The Morgan fingerprint density at radius 3 is 2.11 bits per heavy atom. The molecule has 9 heteroatoms. The van der Waals surface area contributed by atoms with Gasteiger partial charge in [-0.25, -0.2) is 9.36 Å². The van der Waals surface area contributed by atoms with E-state index in [4.69, 9.17) is 9.79 Å². The Labute approximate surface area is 214 Å². The zero-order chi connectivity index (χ0) is 26.7. The third-order valence-corrected chi connectivity index (χ3v) is 5.72. The van der Waals surface area contributed by atoms with Crippen LogP contribution in [-0.2, 0) is 20.6 Å². The summed E-state index contributed by atoms with van der Waals surface area (Å²) in [5.41, 5.74) is 0.593. The van der Waals surface area contributed by atoms with E-state index in [1.807, 2.05) is 0 Å². The summed E-state index contributed by atoms with van der Waals surface area (Å²) in [5, 5.41) is 12.0. The Morgan fingerprint density at radius 1 is 0.917 bits per heavy atom. The van der Waals surface area contributed by atoms with Gasteiger partial charge < -0.3 is 14.9 Å². The zero-order valence-electron chi connectivity index (χ0n) is 21.1. The van der Waals surface area contributed by atoms with E-state index in [2.05, 4.69) is 53.2 Å². The highest BCUT2D eigenvalue weighted by molar-refractivity contribution is 7.46. The molecule has 0 radical (unpaired) electrons. The second kappa shape index (κ2) is 18.6. The van der Waals surface area contributed by atoms with Crippen LogP contribution < -0.4 is 9.84 Å². The number of nitrogens with one attached hydrogen (secondary N) is 1. The molecule has 0 aliphatic carbocycles. The van der Waals surface area contributed by atoms with Gasteiger partial charge in [-0.1, -0.05) is 74.8 Å². The minimum absolute atomic E-state index is 0.0257. The van der Waals surface area contributed by atoms with Gasteiger partial charge in [-0.3, -0.25) is 14.6 Å². The highest BCUT2D eigenvalue weighted by Crippen LogP contribution is 2.37. The smallest absolute Gasteiger partial charge is 0.480 e. The van der Waals surface area contributed by atoms with Crippen LogP contribution in [0.3, 0.4) is 0 Å².